The van der Waals surface area contributed by atoms with E-state index in [0.717, 1.165) is 43.5 Å². The molecule has 0 aliphatic carbocycles. The first-order valence-electron chi connectivity index (χ1n) is 9.66. The van der Waals surface area contributed by atoms with Gasteiger partial charge in [-0.25, -0.2) is 24.6 Å². The van der Waals surface area contributed by atoms with Crippen LogP contribution in [0.3, 0.4) is 0 Å². The second-order valence-corrected chi connectivity index (χ2v) is 7.86. The molecule has 3 aromatic heterocycles. The predicted octanol–water partition coefficient (Wildman–Crippen LogP) is 1.54. The summed E-state index contributed by atoms with van der Waals surface area (Å²) in [5.41, 5.74) is 1.10. The minimum Gasteiger partial charge on any atom is -0.356 e. The monoisotopic (exact) mass is 377 g/mol. The third-order valence-corrected chi connectivity index (χ3v) is 5.66. The standard InChI is InChI=1S/C19H23N9/c1-13(2)16-3-17(23-11-22-16)26-6-14-8-27(9-15(14)7-26)18-4-20-5-19(25-18)28-12-21-10-24-28/h3-5,10-15H,6-9H2,1-2H3. The Morgan fingerprint density at radius 1 is 0.857 bits per heavy atom. The first kappa shape index (κ1) is 17.0. The smallest absolute Gasteiger partial charge is 0.175 e. The number of hydrogen-bond acceptors (Lipinski definition) is 8. The van der Waals surface area contributed by atoms with Crippen LogP contribution >= 0.6 is 0 Å². The molecule has 144 valence electrons. The van der Waals surface area contributed by atoms with E-state index in [-0.39, 0.29) is 0 Å². The molecule has 2 aliphatic heterocycles. The maximum Gasteiger partial charge on any atom is 0.175 e. The maximum atomic E-state index is 4.72. The Kier molecular flexibility index (Phi) is 4.14. The van der Waals surface area contributed by atoms with Gasteiger partial charge in [0.2, 0.25) is 0 Å². The second kappa shape index (κ2) is 6.81. The quantitative estimate of drug-likeness (QED) is 0.677. The first-order valence-corrected chi connectivity index (χ1v) is 9.66. The van der Waals surface area contributed by atoms with Gasteiger partial charge in [-0.1, -0.05) is 13.8 Å². The van der Waals surface area contributed by atoms with Gasteiger partial charge >= 0.3 is 0 Å². The van der Waals surface area contributed by atoms with Gasteiger partial charge in [0.05, 0.1) is 12.4 Å². The van der Waals surface area contributed by atoms with Crippen LogP contribution in [-0.4, -0.2) is 60.9 Å². The Morgan fingerprint density at radius 2 is 1.57 bits per heavy atom. The number of fused-ring (bicyclic) bond motifs is 1. The lowest BCUT2D eigenvalue weighted by Crippen LogP contribution is -2.30. The van der Waals surface area contributed by atoms with Crippen LogP contribution in [0.4, 0.5) is 11.6 Å². The van der Waals surface area contributed by atoms with Crippen molar-refractivity contribution in [1.82, 2.24) is 34.7 Å². The second-order valence-electron chi connectivity index (χ2n) is 7.86. The molecule has 2 saturated heterocycles. The zero-order valence-corrected chi connectivity index (χ0v) is 16.0. The zero-order chi connectivity index (χ0) is 19.1. The Labute approximate surface area is 163 Å². The molecule has 0 aromatic carbocycles. The van der Waals surface area contributed by atoms with E-state index in [4.69, 9.17) is 4.98 Å². The van der Waals surface area contributed by atoms with Crippen molar-refractivity contribution in [3.8, 4) is 5.82 Å². The maximum absolute atomic E-state index is 4.72. The Balaban J connectivity index is 1.29. The summed E-state index contributed by atoms with van der Waals surface area (Å²) < 4.78 is 1.64. The summed E-state index contributed by atoms with van der Waals surface area (Å²) in [5, 5.41) is 4.14. The molecule has 0 amide bonds. The lowest BCUT2D eigenvalue weighted by Gasteiger charge is -2.23. The van der Waals surface area contributed by atoms with E-state index in [2.05, 4.69) is 54.7 Å². The van der Waals surface area contributed by atoms with Crippen LogP contribution in [0.25, 0.3) is 5.82 Å². The Morgan fingerprint density at radius 3 is 2.25 bits per heavy atom. The minimum absolute atomic E-state index is 0.412. The average molecular weight is 377 g/mol. The van der Waals surface area contributed by atoms with Crippen LogP contribution in [0, 0.1) is 11.8 Å². The highest BCUT2D eigenvalue weighted by atomic mass is 15.4. The number of nitrogens with zero attached hydrogens (tertiary/aromatic N) is 9. The van der Waals surface area contributed by atoms with Crippen molar-refractivity contribution in [2.45, 2.75) is 19.8 Å². The molecule has 0 radical (unpaired) electrons. The number of rotatable bonds is 4. The van der Waals surface area contributed by atoms with Crippen LogP contribution in [-0.2, 0) is 0 Å². The van der Waals surface area contributed by atoms with Crippen molar-refractivity contribution in [2.24, 2.45) is 11.8 Å². The molecule has 9 heteroatoms. The highest BCUT2D eigenvalue weighted by Gasteiger charge is 2.41. The third-order valence-electron chi connectivity index (χ3n) is 5.66. The van der Waals surface area contributed by atoms with E-state index in [9.17, 15) is 0 Å². The normalized spacial score (nSPS) is 21.5. The van der Waals surface area contributed by atoms with Crippen LogP contribution < -0.4 is 9.80 Å². The van der Waals surface area contributed by atoms with Crippen molar-refractivity contribution < 1.29 is 0 Å². The topological polar surface area (TPSA) is 88.8 Å². The van der Waals surface area contributed by atoms with E-state index < -0.39 is 0 Å². The molecule has 28 heavy (non-hydrogen) atoms. The van der Waals surface area contributed by atoms with E-state index in [1.165, 1.54) is 6.33 Å². The van der Waals surface area contributed by atoms with E-state index >= 15 is 0 Å². The fraction of sp³-hybridized carbons (Fsp3) is 0.474. The molecule has 2 fully saturated rings. The molecule has 0 N–H and O–H groups in total. The molecule has 3 aromatic rings. The molecule has 0 bridgehead atoms. The van der Waals surface area contributed by atoms with Gasteiger partial charge in [-0.3, -0.25) is 4.98 Å². The average Bonchev–Trinajstić information content (AvgIpc) is 3.44. The highest BCUT2D eigenvalue weighted by molar-refractivity contribution is 5.45. The SMILES string of the molecule is CC(C)c1cc(N2CC3CN(c4cncc(-n5cncn5)n4)CC3C2)ncn1. The summed E-state index contributed by atoms with van der Waals surface area (Å²) in [5.74, 6) is 4.26. The van der Waals surface area contributed by atoms with Crippen molar-refractivity contribution >= 4 is 11.6 Å². The van der Waals surface area contributed by atoms with E-state index in [0.29, 0.717) is 23.6 Å². The highest BCUT2D eigenvalue weighted by Crippen LogP contribution is 2.35. The summed E-state index contributed by atoms with van der Waals surface area (Å²) in [6.45, 7) is 8.34. The fourth-order valence-corrected chi connectivity index (χ4v) is 4.15. The molecule has 9 nitrogen and oxygen atoms in total. The Bertz CT molecular complexity index is 942. The third kappa shape index (κ3) is 3.06. The van der Waals surface area contributed by atoms with E-state index in [1.807, 2.05) is 6.20 Å². The van der Waals surface area contributed by atoms with Gasteiger partial charge in [0.1, 0.15) is 30.6 Å². The van der Waals surface area contributed by atoms with Gasteiger partial charge in [-0.05, 0) is 5.92 Å². The van der Waals surface area contributed by atoms with Crippen molar-refractivity contribution in [1.29, 1.82) is 0 Å². The summed E-state index contributed by atoms with van der Waals surface area (Å²) in [7, 11) is 0. The van der Waals surface area contributed by atoms with Crippen LogP contribution in [0.1, 0.15) is 25.5 Å². The lowest BCUT2D eigenvalue weighted by molar-refractivity contribution is 0.533. The van der Waals surface area contributed by atoms with Crippen molar-refractivity contribution in [2.75, 3.05) is 36.0 Å². The van der Waals surface area contributed by atoms with Gasteiger partial charge in [-0.2, -0.15) is 5.10 Å². The molecule has 2 atom stereocenters. The van der Waals surface area contributed by atoms with E-state index in [1.54, 1.807) is 23.5 Å². The number of aromatic nitrogens is 7. The molecular formula is C19H23N9. The van der Waals surface area contributed by atoms with Gasteiger partial charge < -0.3 is 9.80 Å². The lowest BCUT2D eigenvalue weighted by atomic mass is 10.0. The molecule has 0 spiro atoms. The van der Waals surface area contributed by atoms with Gasteiger partial charge in [0.25, 0.3) is 0 Å². The van der Waals surface area contributed by atoms with Crippen LogP contribution in [0.2, 0.25) is 0 Å². The molecule has 5 heterocycles. The summed E-state index contributed by atoms with van der Waals surface area (Å²) in [6, 6.07) is 2.14. The molecular weight excluding hydrogens is 354 g/mol. The molecule has 2 unspecified atom stereocenters. The fourth-order valence-electron chi connectivity index (χ4n) is 4.15. The van der Waals surface area contributed by atoms with Gasteiger partial charge in [0.15, 0.2) is 5.82 Å². The zero-order valence-electron chi connectivity index (χ0n) is 16.0. The molecule has 2 aliphatic rings. The summed E-state index contributed by atoms with van der Waals surface area (Å²) in [6.07, 6.45) is 8.37. The van der Waals surface area contributed by atoms with Crippen LogP contribution in [0.15, 0.2) is 37.4 Å². The first-order chi connectivity index (χ1) is 13.7. The van der Waals surface area contributed by atoms with Gasteiger partial charge in [0, 0.05) is 49.8 Å². The number of anilines is 2. The minimum atomic E-state index is 0.412. The molecule has 0 saturated carbocycles. The molecule has 5 rings (SSSR count). The largest absolute Gasteiger partial charge is 0.356 e. The van der Waals surface area contributed by atoms with Crippen molar-refractivity contribution in [3.05, 3.63) is 43.1 Å². The Hall–Kier alpha value is -3.10. The summed E-state index contributed by atoms with van der Waals surface area (Å²) in [4.78, 5) is 26.7. The van der Waals surface area contributed by atoms with Gasteiger partial charge in [-0.15, -0.1) is 0 Å². The predicted molar refractivity (Wildman–Crippen MR) is 104 cm³/mol. The van der Waals surface area contributed by atoms with Crippen molar-refractivity contribution in [3.63, 3.8) is 0 Å². The van der Waals surface area contributed by atoms with Crippen LogP contribution in [0.5, 0.6) is 0 Å². The number of hydrogen-bond donors (Lipinski definition) is 0. The summed E-state index contributed by atoms with van der Waals surface area (Å²) >= 11 is 0.